The molecule has 1 aromatic heterocycles. The number of likely N-dealkylation sites (tertiary alicyclic amines) is 1. The lowest BCUT2D eigenvalue weighted by Crippen LogP contribution is -2.45. The fraction of sp³-hybridized carbons (Fsp3) is 0.667. The fourth-order valence-corrected chi connectivity index (χ4v) is 6.02. The van der Waals surface area contributed by atoms with Crippen LogP contribution in [-0.4, -0.2) is 47.0 Å². The molecule has 130 valence electrons. The molecule has 3 aliphatic rings. The van der Waals surface area contributed by atoms with Crippen molar-refractivity contribution in [3.8, 4) is 0 Å². The number of hydrogen-bond acceptors (Lipinski definition) is 4. The number of nitrogens with zero attached hydrogens (tertiary/aromatic N) is 2. The highest BCUT2D eigenvalue weighted by Gasteiger charge is 2.36. The lowest BCUT2D eigenvalue weighted by Gasteiger charge is -2.38. The van der Waals surface area contributed by atoms with Crippen molar-refractivity contribution < 1.29 is 9.59 Å². The molecule has 1 saturated carbocycles. The second kappa shape index (κ2) is 7.08. The SMILES string of the molecule is O=C(C1CCC1)N1CCC(CN2C(=O)CSC2c2cccs2)CC1. The number of amides is 2. The molecule has 0 radical (unpaired) electrons. The number of rotatable bonds is 4. The van der Waals surface area contributed by atoms with Crippen molar-refractivity contribution in [1.82, 2.24) is 9.80 Å². The maximum atomic E-state index is 12.4. The third-order valence-corrected chi connectivity index (χ3v) is 7.90. The van der Waals surface area contributed by atoms with Crippen molar-refractivity contribution in [3.05, 3.63) is 22.4 Å². The van der Waals surface area contributed by atoms with Crippen LogP contribution in [0.4, 0.5) is 0 Å². The van der Waals surface area contributed by atoms with Gasteiger partial charge in [-0.05, 0) is 43.0 Å². The third kappa shape index (κ3) is 3.23. The summed E-state index contributed by atoms with van der Waals surface area (Å²) in [7, 11) is 0. The number of thiophene rings is 1. The zero-order valence-electron chi connectivity index (χ0n) is 13.9. The molecule has 1 atom stereocenters. The summed E-state index contributed by atoms with van der Waals surface area (Å²) in [6, 6.07) is 4.19. The summed E-state index contributed by atoms with van der Waals surface area (Å²) in [6.07, 6.45) is 5.45. The normalized spacial score (nSPS) is 26.0. The summed E-state index contributed by atoms with van der Waals surface area (Å²) < 4.78 is 0. The molecular weight excluding hydrogens is 340 g/mol. The van der Waals surface area contributed by atoms with E-state index in [2.05, 4.69) is 27.3 Å². The molecule has 2 aliphatic heterocycles. The lowest BCUT2D eigenvalue weighted by molar-refractivity contribution is -0.140. The Bertz CT molecular complexity index is 592. The first-order valence-corrected chi connectivity index (χ1v) is 10.9. The zero-order valence-corrected chi connectivity index (χ0v) is 15.5. The number of hydrogen-bond donors (Lipinski definition) is 0. The van der Waals surface area contributed by atoms with Gasteiger partial charge in [0, 0.05) is 30.4 Å². The first-order chi connectivity index (χ1) is 11.7. The van der Waals surface area contributed by atoms with E-state index in [-0.39, 0.29) is 11.3 Å². The summed E-state index contributed by atoms with van der Waals surface area (Å²) in [4.78, 5) is 30.1. The molecule has 2 saturated heterocycles. The van der Waals surface area contributed by atoms with Crippen molar-refractivity contribution in [1.29, 1.82) is 0 Å². The molecule has 2 amide bonds. The van der Waals surface area contributed by atoms with Gasteiger partial charge in [0.15, 0.2) is 0 Å². The van der Waals surface area contributed by atoms with E-state index < -0.39 is 0 Å². The molecule has 0 bridgehead atoms. The van der Waals surface area contributed by atoms with Crippen LogP contribution in [0.25, 0.3) is 0 Å². The molecule has 6 heteroatoms. The van der Waals surface area contributed by atoms with Crippen LogP contribution in [0.1, 0.15) is 42.4 Å². The summed E-state index contributed by atoms with van der Waals surface area (Å²) >= 11 is 3.48. The van der Waals surface area contributed by atoms with Crippen LogP contribution in [0.2, 0.25) is 0 Å². The molecule has 4 rings (SSSR count). The molecule has 24 heavy (non-hydrogen) atoms. The quantitative estimate of drug-likeness (QED) is 0.822. The molecular formula is C18H24N2O2S2. The summed E-state index contributed by atoms with van der Waals surface area (Å²) in [5.41, 5.74) is 0. The topological polar surface area (TPSA) is 40.6 Å². The number of thioether (sulfide) groups is 1. The zero-order chi connectivity index (χ0) is 16.5. The van der Waals surface area contributed by atoms with E-state index in [1.165, 1.54) is 11.3 Å². The van der Waals surface area contributed by atoms with Crippen molar-refractivity contribution in [2.75, 3.05) is 25.4 Å². The molecule has 0 N–H and O–H groups in total. The first kappa shape index (κ1) is 16.5. The molecule has 0 aromatic carbocycles. The molecule has 1 aliphatic carbocycles. The minimum absolute atomic E-state index is 0.201. The van der Waals surface area contributed by atoms with E-state index in [4.69, 9.17) is 0 Å². The highest BCUT2D eigenvalue weighted by Crippen LogP contribution is 2.41. The van der Waals surface area contributed by atoms with Gasteiger partial charge in [-0.15, -0.1) is 23.1 Å². The Morgan fingerprint density at radius 2 is 2.00 bits per heavy atom. The molecule has 0 spiro atoms. The van der Waals surface area contributed by atoms with Crippen LogP contribution in [0.5, 0.6) is 0 Å². The molecule has 3 fully saturated rings. The van der Waals surface area contributed by atoms with Gasteiger partial charge >= 0.3 is 0 Å². The van der Waals surface area contributed by atoms with Crippen molar-refractivity contribution in [3.63, 3.8) is 0 Å². The Hall–Kier alpha value is -1.01. The van der Waals surface area contributed by atoms with Crippen molar-refractivity contribution in [2.24, 2.45) is 11.8 Å². The van der Waals surface area contributed by atoms with E-state index in [9.17, 15) is 9.59 Å². The standard InChI is InChI=1S/C18H24N2O2S2/c21-16-12-24-18(15-5-2-10-23-15)20(16)11-13-6-8-19(9-7-13)17(22)14-3-1-4-14/h2,5,10,13-14,18H,1,3-4,6-9,11-12H2. The van der Waals surface area contributed by atoms with Crippen molar-refractivity contribution >= 4 is 34.9 Å². The van der Waals surface area contributed by atoms with E-state index in [0.717, 1.165) is 45.3 Å². The van der Waals surface area contributed by atoms with Crippen LogP contribution < -0.4 is 0 Å². The lowest BCUT2D eigenvalue weighted by atomic mass is 9.83. The maximum absolute atomic E-state index is 12.4. The number of carbonyl (C=O) groups excluding carboxylic acids is 2. The minimum atomic E-state index is 0.201. The molecule has 1 aromatic rings. The van der Waals surface area contributed by atoms with Crippen LogP contribution >= 0.6 is 23.1 Å². The largest absolute Gasteiger partial charge is 0.342 e. The van der Waals surface area contributed by atoms with Crippen LogP contribution in [0.3, 0.4) is 0 Å². The summed E-state index contributed by atoms with van der Waals surface area (Å²) in [6.45, 7) is 2.59. The minimum Gasteiger partial charge on any atom is -0.342 e. The summed E-state index contributed by atoms with van der Waals surface area (Å²) in [5.74, 6) is 2.08. The van der Waals surface area contributed by atoms with Gasteiger partial charge in [-0.3, -0.25) is 9.59 Å². The first-order valence-electron chi connectivity index (χ1n) is 8.95. The van der Waals surface area contributed by atoms with Gasteiger partial charge in [-0.2, -0.15) is 0 Å². The smallest absolute Gasteiger partial charge is 0.233 e. The van der Waals surface area contributed by atoms with Gasteiger partial charge in [0.1, 0.15) is 5.37 Å². The predicted octanol–water partition coefficient (Wildman–Crippen LogP) is 3.36. The predicted molar refractivity (Wildman–Crippen MR) is 97.9 cm³/mol. The van der Waals surface area contributed by atoms with Crippen molar-refractivity contribution in [2.45, 2.75) is 37.5 Å². The van der Waals surface area contributed by atoms with E-state index in [1.807, 2.05) is 0 Å². The highest BCUT2D eigenvalue weighted by atomic mass is 32.2. The number of piperidine rings is 1. The Balaban J connectivity index is 1.32. The van der Waals surface area contributed by atoms with Gasteiger partial charge in [0.25, 0.3) is 0 Å². The Morgan fingerprint density at radius 1 is 1.21 bits per heavy atom. The van der Waals surface area contributed by atoms with Gasteiger partial charge in [0.05, 0.1) is 5.75 Å². The molecule has 3 heterocycles. The Morgan fingerprint density at radius 3 is 2.62 bits per heavy atom. The highest BCUT2D eigenvalue weighted by molar-refractivity contribution is 8.00. The Kier molecular flexibility index (Phi) is 4.86. The average Bonchev–Trinajstić information content (AvgIpc) is 3.17. The molecule has 4 nitrogen and oxygen atoms in total. The van der Waals surface area contributed by atoms with Crippen LogP contribution in [0, 0.1) is 11.8 Å². The van der Waals surface area contributed by atoms with Crippen LogP contribution in [-0.2, 0) is 9.59 Å². The fourth-order valence-electron chi connectivity index (χ4n) is 3.85. The number of carbonyl (C=O) groups is 2. The maximum Gasteiger partial charge on any atom is 0.233 e. The summed E-state index contributed by atoms with van der Waals surface area (Å²) in [5, 5.41) is 2.29. The average molecular weight is 365 g/mol. The van der Waals surface area contributed by atoms with E-state index in [1.54, 1.807) is 23.1 Å². The second-order valence-corrected chi connectivity index (χ2v) is 9.17. The van der Waals surface area contributed by atoms with Gasteiger partial charge in [-0.1, -0.05) is 12.5 Å². The van der Waals surface area contributed by atoms with Crippen LogP contribution in [0.15, 0.2) is 17.5 Å². The van der Waals surface area contributed by atoms with Gasteiger partial charge in [0.2, 0.25) is 11.8 Å². The second-order valence-electron chi connectivity index (χ2n) is 7.12. The Labute approximate surface area is 151 Å². The molecule has 1 unspecified atom stereocenters. The van der Waals surface area contributed by atoms with E-state index >= 15 is 0 Å². The van der Waals surface area contributed by atoms with Gasteiger partial charge in [-0.25, -0.2) is 0 Å². The van der Waals surface area contributed by atoms with Gasteiger partial charge < -0.3 is 9.80 Å². The van der Waals surface area contributed by atoms with E-state index in [0.29, 0.717) is 23.5 Å². The monoisotopic (exact) mass is 364 g/mol. The third-order valence-electron chi connectivity index (χ3n) is 5.59.